The summed E-state index contributed by atoms with van der Waals surface area (Å²) >= 11 is 0. The van der Waals surface area contributed by atoms with Gasteiger partial charge in [0.25, 0.3) is 0 Å². The van der Waals surface area contributed by atoms with Crippen molar-refractivity contribution in [2.45, 2.75) is 6.92 Å². The van der Waals surface area contributed by atoms with Gasteiger partial charge < -0.3 is 5.73 Å². The predicted octanol–water partition coefficient (Wildman–Crippen LogP) is 2.43. The van der Waals surface area contributed by atoms with Crippen molar-refractivity contribution in [3.63, 3.8) is 0 Å². The van der Waals surface area contributed by atoms with Gasteiger partial charge in [0.1, 0.15) is 5.82 Å². The lowest BCUT2D eigenvalue weighted by molar-refractivity contribution is 0.103. The second kappa shape index (κ2) is 4.55. The fourth-order valence-corrected chi connectivity index (χ4v) is 1.19. The molecule has 1 aromatic carbocycles. The second-order valence-corrected chi connectivity index (χ2v) is 3.14. The molecule has 0 heterocycles. The summed E-state index contributed by atoms with van der Waals surface area (Å²) in [5.74, 6) is -0.620. The van der Waals surface area contributed by atoms with Crippen molar-refractivity contribution in [3.8, 4) is 0 Å². The van der Waals surface area contributed by atoms with Crippen molar-refractivity contribution in [3.05, 3.63) is 59.6 Å². The molecule has 2 N–H and O–H groups in total. The summed E-state index contributed by atoms with van der Waals surface area (Å²) in [6.07, 6.45) is 1.40. The zero-order chi connectivity index (χ0) is 11.4. The molecule has 0 aromatic heterocycles. The van der Waals surface area contributed by atoms with Gasteiger partial charge in [0.15, 0.2) is 5.78 Å². The molecule has 15 heavy (non-hydrogen) atoms. The van der Waals surface area contributed by atoms with Crippen LogP contribution in [0.2, 0.25) is 0 Å². The number of hydrogen-bond donors (Lipinski definition) is 1. The lowest BCUT2D eigenvalue weighted by Crippen LogP contribution is -2.07. The van der Waals surface area contributed by atoms with E-state index in [1.54, 1.807) is 6.92 Å². The largest absolute Gasteiger partial charge is 0.402 e. The van der Waals surface area contributed by atoms with Gasteiger partial charge in [-0.3, -0.25) is 4.79 Å². The predicted molar refractivity (Wildman–Crippen MR) is 57.8 cm³/mol. The summed E-state index contributed by atoms with van der Waals surface area (Å²) in [6.45, 7) is 5.14. The quantitative estimate of drug-likeness (QED) is 0.468. The molecule has 0 aliphatic rings. The van der Waals surface area contributed by atoms with Crippen LogP contribution >= 0.6 is 0 Å². The van der Waals surface area contributed by atoms with Crippen LogP contribution in [0.3, 0.4) is 0 Å². The molecule has 0 bridgehead atoms. The highest BCUT2D eigenvalue weighted by Gasteiger charge is 2.10. The maximum absolute atomic E-state index is 12.6. The number of ketones is 1. The number of allylic oxidation sites excluding steroid dienone is 3. The van der Waals surface area contributed by atoms with Gasteiger partial charge in [-0.1, -0.05) is 12.7 Å². The summed E-state index contributed by atoms with van der Waals surface area (Å²) in [7, 11) is 0. The van der Waals surface area contributed by atoms with Crippen molar-refractivity contribution >= 4 is 5.78 Å². The summed E-state index contributed by atoms with van der Waals surface area (Å²) < 4.78 is 12.6. The van der Waals surface area contributed by atoms with Gasteiger partial charge in [0, 0.05) is 16.8 Å². The molecule has 3 heteroatoms. The Morgan fingerprint density at radius 2 is 1.93 bits per heavy atom. The van der Waals surface area contributed by atoms with E-state index >= 15 is 0 Å². The first-order valence-electron chi connectivity index (χ1n) is 4.45. The van der Waals surface area contributed by atoms with Gasteiger partial charge in [-0.05, 0) is 31.2 Å². The summed E-state index contributed by atoms with van der Waals surface area (Å²) in [5, 5.41) is 0. The molecule has 78 valence electrons. The van der Waals surface area contributed by atoms with Crippen LogP contribution in [0.25, 0.3) is 0 Å². The Morgan fingerprint density at radius 3 is 2.33 bits per heavy atom. The van der Waals surface area contributed by atoms with Crippen LogP contribution in [0, 0.1) is 5.82 Å². The van der Waals surface area contributed by atoms with Crippen LogP contribution in [-0.4, -0.2) is 5.78 Å². The van der Waals surface area contributed by atoms with Crippen LogP contribution in [0.1, 0.15) is 17.3 Å². The lowest BCUT2D eigenvalue weighted by Gasteiger charge is -2.03. The first-order chi connectivity index (χ1) is 7.06. The van der Waals surface area contributed by atoms with Gasteiger partial charge in [0.05, 0.1) is 0 Å². The van der Waals surface area contributed by atoms with E-state index in [0.717, 1.165) is 0 Å². The minimum atomic E-state index is -0.375. The third-order valence-corrected chi connectivity index (χ3v) is 1.98. The molecule has 0 spiro atoms. The van der Waals surface area contributed by atoms with Gasteiger partial charge in [-0.25, -0.2) is 4.39 Å². The average molecular weight is 205 g/mol. The molecule has 0 unspecified atom stereocenters. The maximum Gasteiger partial charge on any atom is 0.194 e. The Hall–Kier alpha value is -1.90. The number of benzene rings is 1. The summed E-state index contributed by atoms with van der Waals surface area (Å²) in [6, 6.07) is 5.31. The van der Waals surface area contributed by atoms with Crippen LogP contribution in [-0.2, 0) is 0 Å². The molecule has 1 aromatic rings. The fourth-order valence-electron chi connectivity index (χ4n) is 1.19. The number of hydrogen-bond acceptors (Lipinski definition) is 2. The minimum Gasteiger partial charge on any atom is -0.402 e. The van der Waals surface area contributed by atoms with E-state index in [4.69, 9.17) is 5.73 Å². The third-order valence-electron chi connectivity index (χ3n) is 1.98. The molecule has 0 radical (unpaired) electrons. The maximum atomic E-state index is 12.6. The monoisotopic (exact) mass is 205 g/mol. The average Bonchev–Trinajstić information content (AvgIpc) is 2.19. The fraction of sp³-hybridized carbons (Fsp3) is 0.0833. The molecule has 0 fully saturated rings. The Labute approximate surface area is 87.9 Å². The normalized spacial score (nSPS) is 11.9. The molecule has 1 rings (SSSR count). The number of carbonyl (C=O) groups excluding carboxylic acids is 1. The molecule has 0 amide bonds. The number of halogens is 1. The van der Waals surface area contributed by atoms with E-state index in [1.165, 1.54) is 30.3 Å². The van der Waals surface area contributed by atoms with Crippen LogP contribution in [0.5, 0.6) is 0 Å². The summed E-state index contributed by atoms with van der Waals surface area (Å²) in [5.41, 5.74) is 6.68. The van der Waals surface area contributed by atoms with Crippen LogP contribution in [0.4, 0.5) is 4.39 Å². The SMILES string of the molecule is C=C/C(C(=O)c1ccc(F)cc1)=C(\C)N. The molecule has 0 aliphatic carbocycles. The standard InChI is InChI=1S/C12H12FNO/c1-3-11(8(2)14)12(15)9-4-6-10(13)7-5-9/h3-7H,1,14H2,2H3/b11-8-. The Kier molecular flexibility index (Phi) is 3.39. The number of Topliss-reactive ketones (excluding diaryl/α,β-unsaturated/α-hetero) is 1. The summed E-state index contributed by atoms with van der Waals surface area (Å²) in [4.78, 5) is 11.8. The Balaban J connectivity index is 3.10. The van der Waals surface area contributed by atoms with Gasteiger partial charge in [0.2, 0.25) is 0 Å². The van der Waals surface area contributed by atoms with E-state index in [2.05, 4.69) is 6.58 Å². The highest BCUT2D eigenvalue weighted by molar-refractivity contribution is 6.10. The van der Waals surface area contributed by atoms with Crippen LogP contribution < -0.4 is 5.73 Å². The molecular formula is C12H12FNO. The molecule has 0 saturated heterocycles. The van der Waals surface area contributed by atoms with Crippen molar-refractivity contribution in [2.75, 3.05) is 0 Å². The van der Waals surface area contributed by atoms with E-state index in [0.29, 0.717) is 16.8 Å². The van der Waals surface area contributed by atoms with Gasteiger partial charge >= 0.3 is 0 Å². The van der Waals surface area contributed by atoms with E-state index in [-0.39, 0.29) is 11.6 Å². The van der Waals surface area contributed by atoms with E-state index in [9.17, 15) is 9.18 Å². The number of carbonyl (C=O) groups is 1. The number of rotatable bonds is 3. The third kappa shape index (κ3) is 2.53. The lowest BCUT2D eigenvalue weighted by atomic mass is 10.0. The highest BCUT2D eigenvalue weighted by Crippen LogP contribution is 2.11. The van der Waals surface area contributed by atoms with Crippen LogP contribution in [0.15, 0.2) is 48.2 Å². The van der Waals surface area contributed by atoms with E-state index < -0.39 is 0 Å². The van der Waals surface area contributed by atoms with Gasteiger partial charge in [-0.15, -0.1) is 0 Å². The first-order valence-corrected chi connectivity index (χ1v) is 4.45. The zero-order valence-electron chi connectivity index (χ0n) is 8.46. The topological polar surface area (TPSA) is 43.1 Å². The zero-order valence-corrected chi connectivity index (χ0v) is 8.46. The number of nitrogens with two attached hydrogens (primary N) is 1. The Morgan fingerprint density at radius 1 is 1.40 bits per heavy atom. The van der Waals surface area contributed by atoms with Crippen molar-refractivity contribution in [1.29, 1.82) is 0 Å². The smallest absolute Gasteiger partial charge is 0.194 e. The van der Waals surface area contributed by atoms with Crippen molar-refractivity contribution < 1.29 is 9.18 Å². The molecule has 2 nitrogen and oxygen atoms in total. The van der Waals surface area contributed by atoms with E-state index in [1.807, 2.05) is 0 Å². The molecule has 0 aliphatic heterocycles. The highest BCUT2D eigenvalue weighted by atomic mass is 19.1. The van der Waals surface area contributed by atoms with Crippen molar-refractivity contribution in [1.82, 2.24) is 0 Å². The minimum absolute atomic E-state index is 0.245. The van der Waals surface area contributed by atoms with Gasteiger partial charge in [-0.2, -0.15) is 0 Å². The molecule has 0 saturated carbocycles. The van der Waals surface area contributed by atoms with Crippen molar-refractivity contribution in [2.24, 2.45) is 5.73 Å². The Bertz CT molecular complexity index is 414. The first kappa shape index (κ1) is 11.2. The molecule has 0 atom stereocenters. The second-order valence-electron chi connectivity index (χ2n) is 3.14. The molecular weight excluding hydrogens is 193 g/mol.